The topological polar surface area (TPSA) is 57.8 Å². The van der Waals surface area contributed by atoms with E-state index in [0.29, 0.717) is 12.0 Å². The Balaban J connectivity index is 2.10. The third-order valence-electron chi connectivity index (χ3n) is 5.10. The second-order valence-electron chi connectivity index (χ2n) is 8.26. The molecule has 1 aromatic carbocycles. The highest BCUT2D eigenvalue weighted by Crippen LogP contribution is 2.27. The Labute approximate surface area is 174 Å². The summed E-state index contributed by atoms with van der Waals surface area (Å²) in [6.45, 7) is 7.63. The van der Waals surface area contributed by atoms with Gasteiger partial charge in [0.05, 0.1) is 30.3 Å². The molecule has 1 aliphatic rings. The van der Waals surface area contributed by atoms with Gasteiger partial charge in [-0.1, -0.05) is 32.4 Å². The van der Waals surface area contributed by atoms with Gasteiger partial charge in [-0.05, 0) is 18.9 Å². The molecule has 1 amide bonds. The quantitative estimate of drug-likeness (QED) is 0.750. The molecule has 1 atom stereocenters. The number of rotatable bonds is 4. The van der Waals surface area contributed by atoms with E-state index in [1.807, 2.05) is 22.5 Å². The number of ether oxygens (including phenoxy) is 2. The molecular weight excluding hydrogens is 397 g/mol. The van der Waals surface area contributed by atoms with Crippen molar-refractivity contribution in [3.05, 3.63) is 45.8 Å². The van der Waals surface area contributed by atoms with Gasteiger partial charge in [0, 0.05) is 36.9 Å². The molecule has 158 valence electrons. The molecule has 0 radical (unpaired) electrons. The van der Waals surface area contributed by atoms with Crippen LogP contribution in [0.4, 0.5) is 4.39 Å². The summed E-state index contributed by atoms with van der Waals surface area (Å²) in [6, 6.07) is 4.24. The number of halogens is 2. The average Bonchev–Trinajstić information content (AvgIpc) is 3.26. The van der Waals surface area contributed by atoms with Crippen LogP contribution in [0.5, 0.6) is 5.75 Å². The van der Waals surface area contributed by atoms with Crippen molar-refractivity contribution in [1.82, 2.24) is 9.36 Å². The number of carbonyl (C=O) groups is 1. The summed E-state index contributed by atoms with van der Waals surface area (Å²) < 4.78 is 28.9. The maximum atomic E-state index is 14.0. The minimum absolute atomic E-state index is 0.0271. The lowest BCUT2D eigenvalue weighted by Crippen LogP contribution is -2.30. The Morgan fingerprint density at radius 2 is 2.10 bits per heavy atom. The Morgan fingerprint density at radius 1 is 1.38 bits per heavy atom. The molecule has 0 aliphatic carbocycles. The van der Waals surface area contributed by atoms with Gasteiger partial charge >= 0.3 is 0 Å². The van der Waals surface area contributed by atoms with Gasteiger partial charge in [-0.3, -0.25) is 14.2 Å². The number of hydrogen-bond donors (Lipinski definition) is 0. The minimum Gasteiger partial charge on any atom is -0.496 e. The van der Waals surface area contributed by atoms with Gasteiger partial charge in [-0.2, -0.15) is 4.99 Å². The molecule has 3 rings (SSSR count). The first kappa shape index (κ1) is 21.6. The molecule has 8 heteroatoms. The molecule has 6 nitrogen and oxygen atoms in total. The standard InChI is InChI=1S/C21H27ClFN3O3/c1-21(2,3)18-11-19(26(25(18)4)12-13-7-6-8-29-13)24-20(27)14-9-16(23)15(22)10-17(14)28-5/h9-11,13H,6-8,12H2,1-5H3/t13-/m1/s1. The number of methoxy groups -OCH3 is 1. The van der Waals surface area contributed by atoms with E-state index in [2.05, 4.69) is 25.8 Å². The van der Waals surface area contributed by atoms with Crippen LogP contribution >= 0.6 is 11.6 Å². The van der Waals surface area contributed by atoms with Gasteiger partial charge in [-0.15, -0.1) is 0 Å². The SMILES string of the molecule is COc1cc(Cl)c(F)cc1C(=O)N=c1cc(C(C)(C)C)n(C)n1C[C@H]1CCCO1. The van der Waals surface area contributed by atoms with Crippen molar-refractivity contribution in [3.8, 4) is 5.75 Å². The maximum Gasteiger partial charge on any atom is 0.282 e. The van der Waals surface area contributed by atoms with Crippen molar-refractivity contribution in [3.63, 3.8) is 0 Å². The number of amides is 1. The van der Waals surface area contributed by atoms with Crippen LogP contribution in [0.3, 0.4) is 0 Å². The molecule has 1 fully saturated rings. The summed E-state index contributed by atoms with van der Waals surface area (Å²) in [5.41, 5.74) is 1.40. The second kappa shape index (κ2) is 8.32. The first-order chi connectivity index (χ1) is 13.6. The molecule has 1 aromatic heterocycles. The van der Waals surface area contributed by atoms with E-state index < -0.39 is 11.7 Å². The van der Waals surface area contributed by atoms with Crippen LogP contribution in [-0.4, -0.2) is 35.1 Å². The van der Waals surface area contributed by atoms with Crippen LogP contribution < -0.4 is 10.2 Å². The fourth-order valence-electron chi connectivity index (χ4n) is 3.59. The molecule has 1 aliphatic heterocycles. The number of hydrogen-bond acceptors (Lipinski definition) is 3. The average molecular weight is 424 g/mol. The Bertz CT molecular complexity index is 982. The second-order valence-corrected chi connectivity index (χ2v) is 8.67. The molecule has 0 N–H and O–H groups in total. The fraction of sp³-hybridized carbons (Fsp3) is 0.524. The van der Waals surface area contributed by atoms with Gasteiger partial charge < -0.3 is 9.47 Å². The first-order valence-electron chi connectivity index (χ1n) is 9.63. The number of benzene rings is 1. The molecule has 29 heavy (non-hydrogen) atoms. The smallest absolute Gasteiger partial charge is 0.282 e. The summed E-state index contributed by atoms with van der Waals surface area (Å²) in [6.07, 6.45) is 2.06. The predicted octanol–water partition coefficient (Wildman–Crippen LogP) is 3.85. The molecular formula is C21H27ClFN3O3. The van der Waals surface area contributed by atoms with Crippen molar-refractivity contribution < 1.29 is 18.7 Å². The predicted molar refractivity (Wildman–Crippen MR) is 109 cm³/mol. The summed E-state index contributed by atoms with van der Waals surface area (Å²) in [7, 11) is 3.35. The van der Waals surface area contributed by atoms with Gasteiger partial charge in [0.1, 0.15) is 11.6 Å². The third kappa shape index (κ3) is 4.56. The molecule has 0 unspecified atom stereocenters. The van der Waals surface area contributed by atoms with Crippen molar-refractivity contribution in [2.45, 2.75) is 51.7 Å². The molecule has 1 saturated heterocycles. The summed E-state index contributed by atoms with van der Waals surface area (Å²) >= 11 is 5.81. The van der Waals surface area contributed by atoms with Gasteiger partial charge in [0.15, 0.2) is 5.49 Å². The van der Waals surface area contributed by atoms with E-state index in [9.17, 15) is 9.18 Å². The summed E-state index contributed by atoms with van der Waals surface area (Å²) in [4.78, 5) is 17.2. The van der Waals surface area contributed by atoms with Crippen LogP contribution in [0.2, 0.25) is 5.02 Å². The van der Waals surface area contributed by atoms with Gasteiger partial charge in [-0.25, -0.2) is 4.39 Å². The van der Waals surface area contributed by atoms with Crippen LogP contribution in [0, 0.1) is 5.82 Å². The molecule has 2 aromatic rings. The lowest BCUT2D eigenvalue weighted by Gasteiger charge is -2.21. The van der Waals surface area contributed by atoms with Crippen molar-refractivity contribution in [2.24, 2.45) is 12.0 Å². The highest BCUT2D eigenvalue weighted by molar-refractivity contribution is 6.31. The van der Waals surface area contributed by atoms with Crippen molar-refractivity contribution in [2.75, 3.05) is 13.7 Å². The normalized spacial score (nSPS) is 17.8. The Morgan fingerprint density at radius 3 is 2.69 bits per heavy atom. The zero-order chi connectivity index (χ0) is 21.3. The van der Waals surface area contributed by atoms with E-state index in [0.717, 1.165) is 31.2 Å². The highest BCUT2D eigenvalue weighted by Gasteiger charge is 2.24. The number of nitrogens with zero attached hydrogens (tertiary/aromatic N) is 3. The molecule has 0 spiro atoms. The molecule has 2 heterocycles. The third-order valence-corrected chi connectivity index (χ3v) is 5.39. The van der Waals surface area contributed by atoms with E-state index in [1.54, 1.807) is 0 Å². The zero-order valence-electron chi connectivity index (χ0n) is 17.5. The van der Waals surface area contributed by atoms with E-state index in [-0.39, 0.29) is 27.9 Å². The van der Waals surface area contributed by atoms with Crippen LogP contribution in [-0.2, 0) is 23.7 Å². The number of aromatic nitrogens is 2. The molecule has 0 bridgehead atoms. The Hall–Kier alpha value is -2.12. The monoisotopic (exact) mass is 423 g/mol. The lowest BCUT2D eigenvalue weighted by atomic mass is 9.92. The maximum absolute atomic E-state index is 14.0. The fourth-order valence-corrected chi connectivity index (χ4v) is 3.75. The zero-order valence-corrected chi connectivity index (χ0v) is 18.2. The van der Waals surface area contributed by atoms with Crippen LogP contribution in [0.15, 0.2) is 23.2 Å². The largest absolute Gasteiger partial charge is 0.496 e. The van der Waals surface area contributed by atoms with Crippen molar-refractivity contribution in [1.29, 1.82) is 0 Å². The van der Waals surface area contributed by atoms with E-state index >= 15 is 0 Å². The molecule has 0 saturated carbocycles. The highest BCUT2D eigenvalue weighted by atomic mass is 35.5. The van der Waals surface area contributed by atoms with Crippen LogP contribution in [0.1, 0.15) is 49.7 Å². The van der Waals surface area contributed by atoms with Crippen molar-refractivity contribution >= 4 is 17.5 Å². The summed E-state index contributed by atoms with van der Waals surface area (Å²) in [5, 5.41) is -0.110. The minimum atomic E-state index is -0.693. The lowest BCUT2D eigenvalue weighted by molar-refractivity contribution is 0.0885. The van der Waals surface area contributed by atoms with Gasteiger partial charge in [0.25, 0.3) is 5.91 Å². The first-order valence-corrected chi connectivity index (χ1v) is 10.0. The number of carbonyl (C=O) groups excluding carboxylic acids is 1. The Kier molecular flexibility index (Phi) is 6.19. The van der Waals surface area contributed by atoms with E-state index in [4.69, 9.17) is 21.1 Å². The summed E-state index contributed by atoms with van der Waals surface area (Å²) in [5.74, 6) is -1.10. The van der Waals surface area contributed by atoms with E-state index in [1.165, 1.54) is 13.2 Å². The van der Waals surface area contributed by atoms with Gasteiger partial charge in [0.2, 0.25) is 0 Å². The van der Waals surface area contributed by atoms with Crippen LogP contribution in [0.25, 0.3) is 0 Å².